The molecule has 1 N–H and O–H groups in total. The molecule has 1 atom stereocenters. The number of hydrogen-bond acceptors (Lipinski definition) is 4. The smallest absolute Gasteiger partial charge is 0.126 e. The Balaban J connectivity index is 2.09. The van der Waals surface area contributed by atoms with Crippen molar-refractivity contribution < 1.29 is 4.74 Å². The van der Waals surface area contributed by atoms with Crippen LogP contribution >= 0.6 is 15.9 Å². The highest BCUT2D eigenvalue weighted by atomic mass is 79.9. The van der Waals surface area contributed by atoms with E-state index in [2.05, 4.69) is 57.4 Å². The fraction of sp³-hybridized carbons (Fsp3) is 0.353. The predicted molar refractivity (Wildman–Crippen MR) is 94.6 cm³/mol. The van der Waals surface area contributed by atoms with Crippen molar-refractivity contribution in [2.24, 2.45) is 0 Å². The van der Waals surface area contributed by atoms with Gasteiger partial charge in [0.1, 0.15) is 11.6 Å². The fourth-order valence-electron chi connectivity index (χ4n) is 2.27. The predicted octanol–water partition coefficient (Wildman–Crippen LogP) is 3.88. The van der Waals surface area contributed by atoms with Crippen LogP contribution in [0, 0.1) is 6.92 Å². The molecule has 0 radical (unpaired) electrons. The first kappa shape index (κ1) is 16.8. The molecule has 1 aromatic heterocycles. The number of halogens is 1. The van der Waals surface area contributed by atoms with E-state index in [1.807, 2.05) is 31.2 Å². The van der Waals surface area contributed by atoms with Gasteiger partial charge in [0.25, 0.3) is 0 Å². The first-order valence-electron chi connectivity index (χ1n) is 7.18. The molecule has 0 amide bonds. The molecule has 0 aliphatic heterocycles. The van der Waals surface area contributed by atoms with Crippen LogP contribution in [0.4, 0.5) is 5.82 Å². The summed E-state index contributed by atoms with van der Waals surface area (Å²) in [6.07, 6.45) is 0. The third kappa shape index (κ3) is 4.21. The summed E-state index contributed by atoms with van der Waals surface area (Å²) in [7, 11) is 5.84. The van der Waals surface area contributed by atoms with Gasteiger partial charge in [0.15, 0.2) is 0 Å². The molecule has 2 aromatic rings. The molecule has 0 bridgehead atoms. The summed E-state index contributed by atoms with van der Waals surface area (Å²) in [4.78, 5) is 6.72. The first-order valence-corrected chi connectivity index (χ1v) is 7.98. The summed E-state index contributed by atoms with van der Waals surface area (Å²) in [5, 5.41) is 3.42. The Morgan fingerprint density at radius 2 is 1.86 bits per heavy atom. The van der Waals surface area contributed by atoms with Crippen LogP contribution in [0.15, 0.2) is 40.9 Å². The van der Waals surface area contributed by atoms with Crippen molar-refractivity contribution >= 4 is 21.7 Å². The van der Waals surface area contributed by atoms with Gasteiger partial charge in [0.2, 0.25) is 0 Å². The monoisotopic (exact) mass is 363 g/mol. The van der Waals surface area contributed by atoms with Gasteiger partial charge in [-0.3, -0.25) is 0 Å². The molecular weight excluding hydrogens is 342 g/mol. The minimum absolute atomic E-state index is 0.261. The molecule has 4 nitrogen and oxygen atoms in total. The lowest BCUT2D eigenvalue weighted by Gasteiger charge is -2.25. The summed E-state index contributed by atoms with van der Waals surface area (Å²) in [6.45, 7) is 2.77. The van der Waals surface area contributed by atoms with Crippen molar-refractivity contribution in [1.29, 1.82) is 0 Å². The van der Waals surface area contributed by atoms with Crippen molar-refractivity contribution in [3.63, 3.8) is 0 Å². The zero-order valence-electron chi connectivity index (χ0n) is 13.4. The van der Waals surface area contributed by atoms with E-state index in [4.69, 9.17) is 4.74 Å². The molecule has 5 heteroatoms. The van der Waals surface area contributed by atoms with Gasteiger partial charge < -0.3 is 15.0 Å². The highest BCUT2D eigenvalue weighted by Gasteiger charge is 2.14. The number of rotatable bonds is 6. The number of pyridine rings is 1. The number of hydrogen-bond donors (Lipinski definition) is 1. The van der Waals surface area contributed by atoms with E-state index in [9.17, 15) is 0 Å². The van der Waals surface area contributed by atoms with Crippen LogP contribution in [0.25, 0.3) is 0 Å². The van der Waals surface area contributed by atoms with E-state index < -0.39 is 0 Å². The standard InChI is InChI=1S/C17H22BrN3O/c1-12-15(18)9-10-17(20-12)19-11-16(21(2)3)13-5-7-14(22-4)8-6-13/h5-10,16H,11H2,1-4H3,(H,19,20)/t16-/m1/s1. The summed E-state index contributed by atoms with van der Waals surface area (Å²) in [5.41, 5.74) is 2.22. The number of nitrogens with one attached hydrogen (secondary N) is 1. The molecule has 0 aliphatic carbocycles. The maximum absolute atomic E-state index is 5.22. The van der Waals surface area contributed by atoms with Crippen LogP contribution < -0.4 is 10.1 Å². The van der Waals surface area contributed by atoms with E-state index >= 15 is 0 Å². The number of likely N-dealkylation sites (N-methyl/N-ethyl adjacent to an activating group) is 1. The Morgan fingerprint density at radius 1 is 1.18 bits per heavy atom. The van der Waals surface area contributed by atoms with Gasteiger partial charge in [-0.2, -0.15) is 0 Å². The van der Waals surface area contributed by atoms with Crippen molar-refractivity contribution in [3.05, 3.63) is 52.1 Å². The quantitative estimate of drug-likeness (QED) is 0.844. The highest BCUT2D eigenvalue weighted by Crippen LogP contribution is 2.22. The molecule has 118 valence electrons. The number of methoxy groups -OCH3 is 1. The summed E-state index contributed by atoms with van der Waals surface area (Å²) in [6, 6.07) is 12.5. The lowest BCUT2D eigenvalue weighted by molar-refractivity contribution is 0.311. The zero-order chi connectivity index (χ0) is 16.1. The highest BCUT2D eigenvalue weighted by molar-refractivity contribution is 9.10. The Morgan fingerprint density at radius 3 is 2.41 bits per heavy atom. The van der Waals surface area contributed by atoms with Crippen LogP contribution in [0.3, 0.4) is 0 Å². The van der Waals surface area contributed by atoms with Gasteiger partial charge in [-0.1, -0.05) is 12.1 Å². The van der Waals surface area contributed by atoms with Crippen LogP contribution in [0.2, 0.25) is 0 Å². The van der Waals surface area contributed by atoms with Gasteiger partial charge in [-0.15, -0.1) is 0 Å². The normalized spacial score (nSPS) is 12.3. The van der Waals surface area contributed by atoms with Gasteiger partial charge in [0.05, 0.1) is 18.8 Å². The minimum atomic E-state index is 0.261. The number of aromatic nitrogens is 1. The lowest BCUT2D eigenvalue weighted by Crippen LogP contribution is -2.27. The molecule has 2 rings (SSSR count). The third-order valence-electron chi connectivity index (χ3n) is 3.62. The summed E-state index contributed by atoms with van der Waals surface area (Å²) >= 11 is 3.47. The number of aryl methyl sites for hydroxylation is 1. The third-order valence-corrected chi connectivity index (χ3v) is 4.46. The topological polar surface area (TPSA) is 37.4 Å². The molecule has 0 saturated heterocycles. The molecule has 0 unspecified atom stereocenters. The number of ether oxygens (including phenoxy) is 1. The minimum Gasteiger partial charge on any atom is -0.497 e. The van der Waals surface area contributed by atoms with Crippen LogP contribution in [-0.2, 0) is 0 Å². The SMILES string of the molecule is COc1ccc([C@@H](CNc2ccc(Br)c(C)n2)N(C)C)cc1. The van der Waals surface area contributed by atoms with Crippen LogP contribution in [-0.4, -0.2) is 37.6 Å². The maximum Gasteiger partial charge on any atom is 0.126 e. The first-order chi connectivity index (χ1) is 10.5. The largest absolute Gasteiger partial charge is 0.497 e. The molecule has 1 aromatic carbocycles. The van der Waals surface area contributed by atoms with Gasteiger partial charge in [-0.25, -0.2) is 4.98 Å². The molecule has 0 saturated carbocycles. The average Bonchev–Trinajstić information content (AvgIpc) is 2.51. The molecule has 0 fully saturated rings. The van der Waals surface area contributed by atoms with E-state index in [1.54, 1.807) is 7.11 Å². The van der Waals surface area contributed by atoms with Crippen molar-refractivity contribution in [3.8, 4) is 5.75 Å². The molecule has 0 aliphatic rings. The molecular formula is C17H22BrN3O. The van der Waals surface area contributed by atoms with E-state index in [1.165, 1.54) is 5.56 Å². The Kier molecular flexibility index (Phi) is 5.80. The van der Waals surface area contributed by atoms with E-state index in [-0.39, 0.29) is 6.04 Å². The maximum atomic E-state index is 5.22. The summed E-state index contributed by atoms with van der Waals surface area (Å²) < 4.78 is 6.24. The van der Waals surface area contributed by atoms with E-state index in [0.717, 1.165) is 28.3 Å². The van der Waals surface area contributed by atoms with Crippen molar-refractivity contribution in [2.45, 2.75) is 13.0 Å². The number of nitrogens with zero attached hydrogens (tertiary/aromatic N) is 2. The zero-order valence-corrected chi connectivity index (χ0v) is 15.0. The van der Waals surface area contributed by atoms with Crippen molar-refractivity contribution in [1.82, 2.24) is 9.88 Å². The number of benzene rings is 1. The van der Waals surface area contributed by atoms with E-state index in [0.29, 0.717) is 0 Å². The van der Waals surface area contributed by atoms with Gasteiger partial charge in [-0.05, 0) is 66.8 Å². The average molecular weight is 364 g/mol. The molecule has 22 heavy (non-hydrogen) atoms. The second-order valence-electron chi connectivity index (χ2n) is 5.40. The van der Waals surface area contributed by atoms with Crippen LogP contribution in [0.5, 0.6) is 5.75 Å². The van der Waals surface area contributed by atoms with Crippen molar-refractivity contribution in [2.75, 3.05) is 33.1 Å². The number of anilines is 1. The Labute approximate surface area is 140 Å². The second kappa shape index (κ2) is 7.61. The Hall–Kier alpha value is -1.59. The summed E-state index contributed by atoms with van der Waals surface area (Å²) in [5.74, 6) is 1.76. The van der Waals surface area contributed by atoms with Gasteiger partial charge >= 0.3 is 0 Å². The van der Waals surface area contributed by atoms with Gasteiger partial charge in [0, 0.05) is 11.0 Å². The Bertz CT molecular complexity index is 614. The van der Waals surface area contributed by atoms with Crippen LogP contribution in [0.1, 0.15) is 17.3 Å². The lowest BCUT2D eigenvalue weighted by atomic mass is 10.1. The second-order valence-corrected chi connectivity index (χ2v) is 6.25. The molecule has 0 spiro atoms. The fourth-order valence-corrected chi connectivity index (χ4v) is 2.49. The molecule has 1 heterocycles.